The van der Waals surface area contributed by atoms with Crippen LogP contribution in [0.5, 0.6) is 11.6 Å². The van der Waals surface area contributed by atoms with Gasteiger partial charge in [-0.1, -0.05) is 84.5 Å². The van der Waals surface area contributed by atoms with Gasteiger partial charge >= 0.3 is 0 Å². The van der Waals surface area contributed by atoms with Crippen molar-refractivity contribution in [2.45, 2.75) is 103 Å². The van der Waals surface area contributed by atoms with E-state index in [4.69, 9.17) is 9.47 Å². The number of rotatable bonds is 20. The van der Waals surface area contributed by atoms with Crippen LogP contribution in [0.2, 0.25) is 0 Å². The van der Waals surface area contributed by atoms with Gasteiger partial charge in [-0.15, -0.1) is 0 Å². The van der Waals surface area contributed by atoms with Crippen LogP contribution in [0.1, 0.15) is 97.3 Å². The van der Waals surface area contributed by atoms with Crippen LogP contribution in [0.15, 0.2) is 42.9 Å². The van der Waals surface area contributed by atoms with Crippen LogP contribution >= 0.6 is 0 Å². The van der Waals surface area contributed by atoms with Crippen LogP contribution in [0.4, 0.5) is 13.2 Å². The zero-order valence-electron chi connectivity index (χ0n) is 24.5. The molecule has 0 spiro atoms. The summed E-state index contributed by atoms with van der Waals surface area (Å²) in [5.74, 6) is -2.03. The summed E-state index contributed by atoms with van der Waals surface area (Å²) in [4.78, 5) is 12.8. The summed E-state index contributed by atoms with van der Waals surface area (Å²) in [7, 11) is 0. The highest BCUT2D eigenvalue weighted by atomic mass is 19.2. The summed E-state index contributed by atoms with van der Waals surface area (Å²) >= 11 is 0. The molecule has 41 heavy (non-hydrogen) atoms. The number of hydrogen-bond acceptors (Lipinski definition) is 5. The van der Waals surface area contributed by atoms with Crippen LogP contribution in [0.25, 0.3) is 22.5 Å². The van der Waals surface area contributed by atoms with Crippen molar-refractivity contribution in [1.29, 1.82) is 0 Å². The van der Waals surface area contributed by atoms with Crippen molar-refractivity contribution in [2.75, 3.05) is 13.2 Å². The molecule has 8 heteroatoms. The number of ether oxygens (including phenoxy) is 2. The van der Waals surface area contributed by atoms with Crippen molar-refractivity contribution in [3.63, 3.8) is 0 Å². The maximum Gasteiger partial charge on any atom is 0.213 e. The Morgan fingerprint density at radius 1 is 0.659 bits per heavy atom. The fourth-order valence-electron chi connectivity index (χ4n) is 4.54. The number of aromatic nitrogens is 3. The highest BCUT2D eigenvalue weighted by Crippen LogP contribution is 2.29. The molecule has 5 nitrogen and oxygen atoms in total. The number of benzene rings is 1. The Bertz CT molecular complexity index is 1140. The van der Waals surface area contributed by atoms with Gasteiger partial charge in [0.25, 0.3) is 0 Å². The predicted octanol–water partition coefficient (Wildman–Crippen LogP) is 9.69. The first-order valence-corrected chi connectivity index (χ1v) is 15.2. The van der Waals surface area contributed by atoms with E-state index in [1.54, 1.807) is 12.3 Å². The van der Waals surface area contributed by atoms with E-state index in [1.165, 1.54) is 63.1 Å². The Morgan fingerprint density at radius 2 is 1.29 bits per heavy atom. The lowest BCUT2D eigenvalue weighted by Crippen LogP contribution is -2.14. The first-order chi connectivity index (χ1) is 20.0. The molecule has 0 amide bonds. The fraction of sp³-hybridized carbons (Fsp3) is 0.545. The third-order valence-corrected chi connectivity index (χ3v) is 7.05. The monoisotopic (exact) mass is 571 g/mol. The van der Waals surface area contributed by atoms with Gasteiger partial charge in [0.1, 0.15) is 12.8 Å². The molecule has 0 saturated carbocycles. The smallest absolute Gasteiger partial charge is 0.213 e. The zero-order valence-corrected chi connectivity index (χ0v) is 24.5. The van der Waals surface area contributed by atoms with E-state index in [9.17, 15) is 13.2 Å². The molecular formula is C33H44F3N3O2. The topological polar surface area (TPSA) is 57.1 Å². The van der Waals surface area contributed by atoms with Crippen LogP contribution < -0.4 is 9.47 Å². The molecule has 0 saturated heterocycles. The van der Waals surface area contributed by atoms with E-state index in [0.29, 0.717) is 24.5 Å². The number of nitrogens with zero attached hydrogens (tertiary/aromatic N) is 3. The number of unbranched alkanes of at least 4 members (excludes halogenated alkanes) is 10. The van der Waals surface area contributed by atoms with E-state index in [2.05, 4.69) is 28.8 Å². The quantitative estimate of drug-likeness (QED) is 0.126. The molecule has 0 fully saturated rings. The normalized spacial score (nSPS) is 11.9. The van der Waals surface area contributed by atoms with E-state index in [-0.39, 0.29) is 23.7 Å². The summed E-state index contributed by atoms with van der Waals surface area (Å²) in [6.45, 7) is 4.68. The van der Waals surface area contributed by atoms with Gasteiger partial charge in [0.05, 0.1) is 12.2 Å². The zero-order chi connectivity index (χ0) is 29.3. The third-order valence-electron chi connectivity index (χ3n) is 7.05. The molecule has 0 bridgehead atoms. The van der Waals surface area contributed by atoms with Gasteiger partial charge in [-0.05, 0) is 31.0 Å². The van der Waals surface area contributed by atoms with Crippen molar-refractivity contribution < 1.29 is 22.6 Å². The lowest BCUT2D eigenvalue weighted by molar-refractivity contribution is 0.177. The van der Waals surface area contributed by atoms with E-state index in [1.807, 2.05) is 6.07 Å². The van der Waals surface area contributed by atoms with E-state index in [0.717, 1.165) is 44.1 Å². The largest absolute Gasteiger partial charge is 0.487 e. The van der Waals surface area contributed by atoms with Gasteiger partial charge < -0.3 is 9.47 Å². The molecule has 0 unspecified atom stereocenters. The van der Waals surface area contributed by atoms with Crippen molar-refractivity contribution >= 4 is 0 Å². The molecule has 0 aliphatic rings. The molecule has 0 radical (unpaired) electrons. The second-order valence-electron chi connectivity index (χ2n) is 10.5. The van der Waals surface area contributed by atoms with E-state index < -0.39 is 17.8 Å². The van der Waals surface area contributed by atoms with Crippen LogP contribution in [0, 0.1) is 11.6 Å². The first-order valence-electron chi connectivity index (χ1n) is 15.2. The van der Waals surface area contributed by atoms with Gasteiger partial charge in [0.15, 0.2) is 17.4 Å². The third kappa shape index (κ3) is 11.0. The second kappa shape index (κ2) is 18.3. The molecule has 224 valence electrons. The average Bonchev–Trinajstić information content (AvgIpc) is 2.99. The maximum atomic E-state index is 14.8. The minimum Gasteiger partial charge on any atom is -0.487 e. The highest BCUT2D eigenvalue weighted by molar-refractivity contribution is 5.64. The number of hydrogen-bond donors (Lipinski definition) is 0. The molecule has 2 aromatic heterocycles. The molecule has 0 aliphatic heterocycles. The summed E-state index contributed by atoms with van der Waals surface area (Å²) < 4.78 is 54.7. The Labute approximate surface area is 242 Å². The Kier molecular flexibility index (Phi) is 14.4. The van der Waals surface area contributed by atoms with Gasteiger partial charge in [0.2, 0.25) is 11.7 Å². The Balaban J connectivity index is 1.49. The Morgan fingerprint density at radius 3 is 1.95 bits per heavy atom. The summed E-state index contributed by atoms with van der Waals surface area (Å²) in [6.07, 6.45) is 17.4. The second-order valence-corrected chi connectivity index (χ2v) is 10.5. The lowest BCUT2D eigenvalue weighted by atomic mass is 10.1. The summed E-state index contributed by atoms with van der Waals surface area (Å²) in [6, 6.07) is 6.29. The first kappa shape index (κ1) is 32.4. The molecule has 0 N–H and O–H groups in total. The van der Waals surface area contributed by atoms with Crippen molar-refractivity contribution in [2.24, 2.45) is 0 Å². The summed E-state index contributed by atoms with van der Waals surface area (Å²) in [5.41, 5.74) is 1.37. The standard InChI is InChI=1S/C33H44F3N3O2/c1-3-5-7-9-11-13-15-27(34)24-41-29-18-17-28(31(35)32(29)36)33-38-22-26(23-39-33)25-16-19-30(37-21-25)40-20-14-12-10-8-6-4-2/h16-19,21-23,27H,3-15,20,24H2,1-2H3/t27-/m1/s1. The summed E-state index contributed by atoms with van der Waals surface area (Å²) in [5, 5.41) is 0. The highest BCUT2D eigenvalue weighted by Gasteiger charge is 2.19. The minimum atomic E-state index is -1.23. The van der Waals surface area contributed by atoms with Crippen molar-refractivity contribution in [3.05, 3.63) is 54.5 Å². The number of halogens is 3. The lowest BCUT2D eigenvalue weighted by Gasteiger charge is -2.12. The molecule has 3 aromatic rings. The van der Waals surface area contributed by atoms with E-state index >= 15 is 0 Å². The van der Waals surface area contributed by atoms with Crippen LogP contribution in [-0.4, -0.2) is 34.3 Å². The fourth-order valence-corrected chi connectivity index (χ4v) is 4.54. The van der Waals surface area contributed by atoms with Crippen molar-refractivity contribution in [1.82, 2.24) is 15.0 Å². The van der Waals surface area contributed by atoms with Gasteiger partial charge in [0, 0.05) is 35.8 Å². The van der Waals surface area contributed by atoms with Crippen molar-refractivity contribution in [3.8, 4) is 34.1 Å². The van der Waals surface area contributed by atoms with Crippen LogP contribution in [-0.2, 0) is 0 Å². The molecule has 2 heterocycles. The van der Waals surface area contributed by atoms with Gasteiger partial charge in [-0.25, -0.2) is 23.7 Å². The van der Waals surface area contributed by atoms with Gasteiger partial charge in [-0.3, -0.25) is 0 Å². The Hall–Kier alpha value is -3.16. The predicted molar refractivity (Wildman–Crippen MR) is 158 cm³/mol. The van der Waals surface area contributed by atoms with Crippen LogP contribution in [0.3, 0.4) is 0 Å². The number of alkyl halides is 1. The minimum absolute atomic E-state index is 0.0370. The number of pyridine rings is 1. The van der Waals surface area contributed by atoms with Gasteiger partial charge in [-0.2, -0.15) is 4.39 Å². The average molecular weight is 572 g/mol. The maximum absolute atomic E-state index is 14.8. The SMILES string of the molecule is CCCCCCCCOc1ccc(-c2cnc(-c3ccc(OC[C@H](F)CCCCCCCC)c(F)c3F)nc2)cn1. The molecule has 3 rings (SSSR count). The molecule has 0 aliphatic carbocycles. The molecule has 1 atom stereocenters. The molecule has 1 aromatic carbocycles. The molecular weight excluding hydrogens is 527 g/mol.